The first-order valence-corrected chi connectivity index (χ1v) is 9.68. The van der Waals surface area contributed by atoms with E-state index < -0.39 is 13.3 Å². The monoisotopic (exact) mass is 458 g/mol. The van der Waals surface area contributed by atoms with Gasteiger partial charge in [-0.2, -0.15) is 0 Å². The van der Waals surface area contributed by atoms with Crippen LogP contribution < -0.4 is 20.2 Å². The molecule has 160 valence electrons. The number of carboxylic acids is 1. The van der Waals surface area contributed by atoms with Gasteiger partial charge < -0.3 is 25.0 Å². The molecule has 0 aliphatic rings. The number of rotatable bonds is 16. The van der Waals surface area contributed by atoms with Crippen molar-refractivity contribution in [3.05, 3.63) is 0 Å². The van der Waals surface area contributed by atoms with Gasteiger partial charge in [-0.1, -0.05) is 96.8 Å². The number of hydrogen-bond acceptors (Lipinski definition) is 5. The van der Waals surface area contributed by atoms with E-state index in [4.69, 9.17) is 15.1 Å². The third-order valence-corrected chi connectivity index (χ3v) is 3.98. The topological polar surface area (TPSA) is 109 Å². The smallest absolute Gasteiger partial charge is 0.907 e. The van der Waals surface area contributed by atoms with Crippen LogP contribution in [0.15, 0.2) is 0 Å². The maximum atomic E-state index is 10.2. The third kappa shape index (κ3) is 44.1. The van der Waals surface area contributed by atoms with Gasteiger partial charge in [-0.15, -0.1) is 0 Å². The molecular weight excluding hydrogens is 424 g/mol. The van der Waals surface area contributed by atoms with Crippen molar-refractivity contribution < 1.29 is 58.0 Å². The van der Waals surface area contributed by atoms with E-state index in [-0.39, 0.29) is 39.4 Å². The molecule has 5 nitrogen and oxygen atoms in total. The van der Waals surface area contributed by atoms with Crippen LogP contribution in [0.3, 0.4) is 0 Å². The van der Waals surface area contributed by atoms with Crippen molar-refractivity contribution >= 4 is 13.3 Å². The Kier molecular flexibility index (Phi) is 39.4. The fraction of sp³-hybridized carbons (Fsp3) is 0.944. The van der Waals surface area contributed by atoms with Crippen LogP contribution in [-0.4, -0.2) is 13.3 Å². The summed E-state index contributed by atoms with van der Waals surface area (Å²) in [5.74, 6) is -0.903. The second-order valence-corrected chi connectivity index (χ2v) is 6.36. The van der Waals surface area contributed by atoms with Crippen molar-refractivity contribution in [1.29, 1.82) is 0 Å². The number of unbranched alkanes of at least 4 members (excludes halogenated alkanes) is 14. The molecule has 0 aromatic carbocycles. The van der Waals surface area contributed by atoms with E-state index in [1.807, 2.05) is 0 Å². The largest absolute Gasteiger partial charge is 2.00 e. The molecule has 0 radical (unpaired) electrons. The molecule has 26 heavy (non-hydrogen) atoms. The molecule has 0 saturated carbocycles. The molecule has 0 N–H and O–H groups in total. The molecule has 0 rings (SSSR count). The first-order chi connectivity index (χ1) is 11.5. The summed E-state index contributed by atoms with van der Waals surface area (Å²) < 4.78 is 0. The van der Waals surface area contributed by atoms with E-state index in [1.165, 1.54) is 83.5 Å². The van der Waals surface area contributed by atoms with Crippen LogP contribution in [0.2, 0.25) is 0 Å². The molecule has 0 aliphatic carbocycles. The SMILES string of the molecule is CCCCCCCCCCCCCCCCCC(=O)[O-].[Ni+2].[Ni+2].[O-]B([O-])[O-]. The number of carbonyl (C=O) groups excluding carboxylic acids is 1. The van der Waals surface area contributed by atoms with Gasteiger partial charge in [0, 0.05) is 5.97 Å². The van der Waals surface area contributed by atoms with E-state index in [2.05, 4.69) is 6.92 Å². The van der Waals surface area contributed by atoms with E-state index in [0.717, 1.165) is 12.8 Å². The summed E-state index contributed by atoms with van der Waals surface area (Å²) in [6, 6.07) is 0. The summed E-state index contributed by atoms with van der Waals surface area (Å²) >= 11 is 0. The summed E-state index contributed by atoms with van der Waals surface area (Å²) in [5, 5.41) is 35.5. The number of aliphatic carboxylic acids is 1. The van der Waals surface area contributed by atoms with Crippen LogP contribution in [0.4, 0.5) is 0 Å². The molecule has 0 bridgehead atoms. The zero-order chi connectivity index (χ0) is 18.5. The normalized spacial score (nSPS) is 9.38. The van der Waals surface area contributed by atoms with Gasteiger partial charge in [0.05, 0.1) is 0 Å². The first-order valence-electron chi connectivity index (χ1n) is 9.68. The van der Waals surface area contributed by atoms with Gasteiger partial charge in [0.25, 0.3) is 0 Å². The van der Waals surface area contributed by atoms with Gasteiger partial charge in [-0.05, 0) is 12.8 Å². The molecule has 0 fully saturated rings. The molecular formula is C18H35BNi2O5. The van der Waals surface area contributed by atoms with Gasteiger partial charge in [-0.3, -0.25) is 7.32 Å². The molecule has 0 aromatic heterocycles. The van der Waals surface area contributed by atoms with Gasteiger partial charge in [0.1, 0.15) is 0 Å². The maximum Gasteiger partial charge on any atom is 2.00 e. The zero-order valence-electron chi connectivity index (χ0n) is 16.1. The van der Waals surface area contributed by atoms with Gasteiger partial charge in [-0.25, -0.2) is 0 Å². The molecule has 0 aliphatic heterocycles. The Morgan fingerprint density at radius 1 is 0.615 bits per heavy atom. The Bertz CT molecular complexity index is 257. The maximum absolute atomic E-state index is 10.2. The Hall–Kier alpha value is 0.402. The quantitative estimate of drug-likeness (QED) is 0.253. The Morgan fingerprint density at radius 2 is 0.846 bits per heavy atom. The van der Waals surface area contributed by atoms with Crippen LogP contribution in [0.25, 0.3) is 0 Å². The average Bonchev–Trinajstić information content (AvgIpc) is 2.50. The molecule has 0 unspecified atom stereocenters. The second kappa shape index (κ2) is 30.1. The van der Waals surface area contributed by atoms with Crippen LogP contribution in [0.1, 0.15) is 110 Å². The predicted molar refractivity (Wildman–Crippen MR) is 90.3 cm³/mol. The molecule has 0 atom stereocenters. The third-order valence-electron chi connectivity index (χ3n) is 3.98. The summed E-state index contributed by atoms with van der Waals surface area (Å²) in [4.78, 5) is 10.2. The summed E-state index contributed by atoms with van der Waals surface area (Å²) in [7, 11) is -2.92. The van der Waals surface area contributed by atoms with Crippen molar-refractivity contribution in [1.82, 2.24) is 0 Å². The second-order valence-electron chi connectivity index (χ2n) is 6.36. The van der Waals surface area contributed by atoms with Crippen molar-refractivity contribution in [3.63, 3.8) is 0 Å². The Morgan fingerprint density at radius 3 is 1.08 bits per heavy atom. The van der Waals surface area contributed by atoms with E-state index in [9.17, 15) is 9.90 Å². The van der Waals surface area contributed by atoms with Crippen LogP contribution in [0, 0.1) is 0 Å². The van der Waals surface area contributed by atoms with E-state index >= 15 is 0 Å². The van der Waals surface area contributed by atoms with Crippen molar-refractivity contribution in [2.45, 2.75) is 110 Å². The van der Waals surface area contributed by atoms with Crippen LogP contribution >= 0.6 is 0 Å². The molecule has 0 saturated heterocycles. The molecule has 0 heterocycles. The Balaban J connectivity index is -0.000000363. The van der Waals surface area contributed by atoms with Crippen molar-refractivity contribution in [2.24, 2.45) is 0 Å². The molecule has 8 heteroatoms. The first kappa shape index (κ1) is 33.9. The van der Waals surface area contributed by atoms with E-state index in [1.54, 1.807) is 0 Å². The molecule has 0 aromatic rings. The summed E-state index contributed by atoms with van der Waals surface area (Å²) in [6.07, 6.45) is 19.9. The van der Waals surface area contributed by atoms with Crippen molar-refractivity contribution in [3.8, 4) is 0 Å². The van der Waals surface area contributed by atoms with Gasteiger partial charge >= 0.3 is 33.0 Å². The fourth-order valence-corrected chi connectivity index (χ4v) is 2.64. The van der Waals surface area contributed by atoms with Gasteiger partial charge in [0.2, 0.25) is 0 Å². The van der Waals surface area contributed by atoms with Crippen molar-refractivity contribution in [2.75, 3.05) is 0 Å². The standard InChI is InChI=1S/C18H36O2.BO3.2Ni/c1-2-3-4-5-6-7-8-9-10-11-12-13-14-15-16-17-18(19)20;2-1(3)4;;/h2-17H2,1H3,(H,19,20);;;/q;-3;2*+2/p-1. The van der Waals surface area contributed by atoms with E-state index in [0.29, 0.717) is 0 Å². The molecule has 0 spiro atoms. The fourth-order valence-electron chi connectivity index (χ4n) is 2.64. The number of hydrogen-bond donors (Lipinski definition) is 0. The zero-order valence-corrected chi connectivity index (χ0v) is 18.0. The van der Waals surface area contributed by atoms with Gasteiger partial charge in [0.15, 0.2) is 0 Å². The number of carboxylic acid groups (broad SMARTS) is 1. The minimum absolute atomic E-state index is 0. The minimum Gasteiger partial charge on any atom is -0.907 e. The summed E-state index contributed by atoms with van der Waals surface area (Å²) in [5.41, 5.74) is 0. The molecule has 0 amide bonds. The average molecular weight is 460 g/mol. The summed E-state index contributed by atoms with van der Waals surface area (Å²) in [6.45, 7) is 2.27. The predicted octanol–water partition coefficient (Wildman–Crippen LogP) is 1.05. The van der Waals surface area contributed by atoms with Crippen LogP contribution in [0.5, 0.6) is 0 Å². The Labute approximate surface area is 180 Å². The van der Waals surface area contributed by atoms with Crippen LogP contribution in [-0.2, 0) is 37.8 Å². The minimum atomic E-state index is -2.92. The number of carbonyl (C=O) groups is 1.